The van der Waals surface area contributed by atoms with Crippen LogP contribution in [0, 0.1) is 6.92 Å². The van der Waals surface area contributed by atoms with Crippen LogP contribution >= 0.6 is 0 Å². The lowest BCUT2D eigenvalue weighted by atomic mass is 10.1. The van der Waals surface area contributed by atoms with E-state index in [4.69, 9.17) is 4.74 Å². The van der Waals surface area contributed by atoms with Crippen molar-refractivity contribution in [2.75, 3.05) is 11.9 Å². The second kappa shape index (κ2) is 8.28. The molecular formula is C22H22N2O6. The number of carboxylic acids is 2. The molecule has 0 aliphatic rings. The number of fused-ring (bicyclic) bond motifs is 1. The highest BCUT2D eigenvalue weighted by Gasteiger charge is 2.21. The van der Waals surface area contributed by atoms with Crippen LogP contribution in [-0.4, -0.2) is 39.2 Å². The summed E-state index contributed by atoms with van der Waals surface area (Å²) in [4.78, 5) is 35.7. The van der Waals surface area contributed by atoms with Crippen LogP contribution in [0.1, 0.15) is 50.6 Å². The molecule has 1 heterocycles. The summed E-state index contributed by atoms with van der Waals surface area (Å²) >= 11 is 0. The molecule has 8 nitrogen and oxygen atoms in total. The second-order valence-corrected chi connectivity index (χ2v) is 6.69. The monoisotopic (exact) mass is 410 g/mol. The van der Waals surface area contributed by atoms with Crippen LogP contribution < -0.4 is 10.1 Å². The smallest absolute Gasteiger partial charge is 0.335 e. The third kappa shape index (κ3) is 3.84. The van der Waals surface area contributed by atoms with Gasteiger partial charge in [-0.1, -0.05) is 0 Å². The number of hydrogen-bond donors (Lipinski definition) is 3. The Morgan fingerprint density at radius 1 is 1.00 bits per heavy atom. The number of nitrogens with zero attached hydrogens (tertiary/aromatic N) is 1. The van der Waals surface area contributed by atoms with Crippen LogP contribution in [0.15, 0.2) is 36.4 Å². The molecule has 0 aliphatic heterocycles. The number of carboxylic acid groups (broad SMARTS) is 2. The van der Waals surface area contributed by atoms with Gasteiger partial charge in [-0.05, 0) is 62.7 Å². The Morgan fingerprint density at radius 2 is 1.63 bits per heavy atom. The Morgan fingerprint density at radius 3 is 2.17 bits per heavy atom. The van der Waals surface area contributed by atoms with Gasteiger partial charge in [0.25, 0.3) is 5.91 Å². The van der Waals surface area contributed by atoms with Crippen molar-refractivity contribution in [1.82, 2.24) is 4.57 Å². The molecule has 0 saturated carbocycles. The third-order valence-corrected chi connectivity index (χ3v) is 4.82. The number of carbonyl (C=O) groups is 3. The van der Waals surface area contributed by atoms with Gasteiger partial charge in [0.15, 0.2) is 0 Å². The first kappa shape index (κ1) is 20.9. The van der Waals surface area contributed by atoms with Gasteiger partial charge in [0.05, 0.1) is 17.7 Å². The van der Waals surface area contributed by atoms with Gasteiger partial charge in [-0.15, -0.1) is 0 Å². The van der Waals surface area contributed by atoms with Crippen LogP contribution in [-0.2, 0) is 6.54 Å². The lowest BCUT2D eigenvalue weighted by Crippen LogP contribution is -2.18. The molecule has 0 fully saturated rings. The van der Waals surface area contributed by atoms with Crippen LogP contribution in [0.2, 0.25) is 0 Å². The van der Waals surface area contributed by atoms with Crippen LogP contribution in [0.3, 0.4) is 0 Å². The molecule has 1 aromatic heterocycles. The van der Waals surface area contributed by atoms with E-state index in [0.717, 1.165) is 22.5 Å². The molecule has 30 heavy (non-hydrogen) atoms. The van der Waals surface area contributed by atoms with Gasteiger partial charge in [0.2, 0.25) is 0 Å². The fraction of sp³-hybridized carbons (Fsp3) is 0.227. The maximum Gasteiger partial charge on any atom is 0.335 e. The zero-order valence-corrected chi connectivity index (χ0v) is 16.9. The quantitative estimate of drug-likeness (QED) is 0.541. The minimum Gasteiger partial charge on any atom is -0.494 e. The van der Waals surface area contributed by atoms with Gasteiger partial charge in [-0.3, -0.25) is 4.79 Å². The molecule has 0 bridgehead atoms. The summed E-state index contributed by atoms with van der Waals surface area (Å²) in [6.45, 7) is 6.70. The number of aromatic carboxylic acids is 2. The second-order valence-electron chi connectivity index (χ2n) is 6.69. The molecule has 3 aromatic rings. The van der Waals surface area contributed by atoms with Crippen LogP contribution in [0.5, 0.6) is 5.75 Å². The first-order chi connectivity index (χ1) is 14.3. The number of carbonyl (C=O) groups excluding carboxylic acids is 1. The van der Waals surface area contributed by atoms with E-state index >= 15 is 0 Å². The highest BCUT2D eigenvalue weighted by molar-refractivity contribution is 6.09. The molecule has 3 N–H and O–H groups in total. The SMILES string of the molecule is CCOc1ccc2c(c1)c(C)c(C(=O)Nc1cc(C(=O)O)cc(C(=O)O)c1)n2CC. The number of amides is 1. The lowest BCUT2D eigenvalue weighted by Gasteiger charge is -2.11. The third-order valence-electron chi connectivity index (χ3n) is 4.82. The Balaban J connectivity index is 2.06. The van der Waals surface area contributed by atoms with E-state index in [2.05, 4.69) is 5.32 Å². The van der Waals surface area contributed by atoms with Gasteiger partial charge < -0.3 is 24.8 Å². The number of aromatic nitrogens is 1. The Kier molecular flexibility index (Phi) is 5.77. The van der Waals surface area contributed by atoms with E-state index in [0.29, 0.717) is 24.6 Å². The molecule has 3 rings (SSSR count). The molecular weight excluding hydrogens is 388 g/mol. The molecule has 156 valence electrons. The molecule has 0 atom stereocenters. The number of hydrogen-bond acceptors (Lipinski definition) is 4. The van der Waals surface area contributed by atoms with Crippen molar-refractivity contribution in [1.29, 1.82) is 0 Å². The molecule has 0 aliphatic carbocycles. The van der Waals surface area contributed by atoms with Gasteiger partial charge in [-0.2, -0.15) is 0 Å². The summed E-state index contributed by atoms with van der Waals surface area (Å²) in [7, 11) is 0. The fourth-order valence-electron chi connectivity index (χ4n) is 3.52. The molecule has 1 amide bonds. The summed E-state index contributed by atoms with van der Waals surface area (Å²) in [6.07, 6.45) is 0. The number of benzene rings is 2. The lowest BCUT2D eigenvalue weighted by molar-refractivity contribution is 0.0696. The highest BCUT2D eigenvalue weighted by Crippen LogP contribution is 2.30. The van der Waals surface area contributed by atoms with E-state index < -0.39 is 17.8 Å². The summed E-state index contributed by atoms with van der Waals surface area (Å²) < 4.78 is 7.41. The average Bonchev–Trinajstić information content (AvgIpc) is 2.99. The van der Waals surface area contributed by atoms with E-state index in [-0.39, 0.29) is 16.8 Å². The minimum atomic E-state index is -1.28. The van der Waals surface area contributed by atoms with Crippen molar-refractivity contribution in [3.05, 3.63) is 58.8 Å². The van der Waals surface area contributed by atoms with E-state index in [9.17, 15) is 24.6 Å². The largest absolute Gasteiger partial charge is 0.494 e. The summed E-state index contributed by atoms with van der Waals surface area (Å²) in [5, 5.41) is 22.0. The normalized spacial score (nSPS) is 10.8. The van der Waals surface area contributed by atoms with Gasteiger partial charge in [0, 0.05) is 23.1 Å². The molecule has 0 spiro atoms. The summed E-state index contributed by atoms with van der Waals surface area (Å²) in [5.41, 5.74) is 1.69. The zero-order chi connectivity index (χ0) is 22.0. The molecule has 8 heteroatoms. The van der Waals surface area contributed by atoms with Crippen LogP contribution in [0.25, 0.3) is 10.9 Å². The number of nitrogens with one attached hydrogen (secondary N) is 1. The van der Waals surface area contributed by atoms with Gasteiger partial charge in [0.1, 0.15) is 11.4 Å². The Labute approximate surface area is 172 Å². The van der Waals surface area contributed by atoms with Crippen molar-refractivity contribution in [3.8, 4) is 5.75 Å². The predicted octanol–water partition coefficient (Wildman–Crippen LogP) is 4.02. The number of rotatable bonds is 7. The van der Waals surface area contributed by atoms with E-state index in [1.165, 1.54) is 12.1 Å². The first-order valence-electron chi connectivity index (χ1n) is 9.45. The predicted molar refractivity (Wildman–Crippen MR) is 112 cm³/mol. The maximum atomic E-state index is 13.1. The number of aryl methyl sites for hydroxylation is 2. The Bertz CT molecular complexity index is 1130. The highest BCUT2D eigenvalue weighted by atomic mass is 16.5. The fourth-order valence-corrected chi connectivity index (χ4v) is 3.52. The first-order valence-corrected chi connectivity index (χ1v) is 9.45. The average molecular weight is 410 g/mol. The molecule has 2 aromatic carbocycles. The molecule has 0 radical (unpaired) electrons. The van der Waals surface area contributed by atoms with Crippen molar-refractivity contribution < 1.29 is 29.3 Å². The molecule has 0 saturated heterocycles. The van der Waals surface area contributed by atoms with E-state index in [1.54, 1.807) is 0 Å². The van der Waals surface area contributed by atoms with Gasteiger partial charge >= 0.3 is 11.9 Å². The maximum absolute atomic E-state index is 13.1. The Hall–Kier alpha value is -3.81. The number of ether oxygens (including phenoxy) is 1. The van der Waals surface area contributed by atoms with Crippen LogP contribution in [0.4, 0.5) is 5.69 Å². The van der Waals surface area contributed by atoms with E-state index in [1.807, 2.05) is 43.5 Å². The topological polar surface area (TPSA) is 118 Å². The summed E-state index contributed by atoms with van der Waals surface area (Å²) in [6, 6.07) is 9.12. The van der Waals surface area contributed by atoms with Gasteiger partial charge in [-0.25, -0.2) is 9.59 Å². The standard InChI is InChI=1S/C22H22N2O6/c1-4-24-18-7-6-16(30-5-2)11-17(18)12(3)19(24)20(25)23-15-9-13(21(26)27)8-14(10-15)22(28)29/h6-11H,4-5H2,1-3H3,(H,23,25)(H,26,27)(H,28,29). The molecule has 0 unspecified atom stereocenters. The van der Waals surface area contributed by atoms with Crippen molar-refractivity contribution in [2.24, 2.45) is 0 Å². The summed E-state index contributed by atoms with van der Waals surface area (Å²) in [5.74, 6) is -2.32. The number of anilines is 1. The van der Waals surface area contributed by atoms with Crippen molar-refractivity contribution in [3.63, 3.8) is 0 Å². The van der Waals surface area contributed by atoms with Crippen molar-refractivity contribution in [2.45, 2.75) is 27.3 Å². The van der Waals surface area contributed by atoms with Crippen molar-refractivity contribution >= 4 is 34.4 Å². The minimum absolute atomic E-state index is 0.0969. The zero-order valence-electron chi connectivity index (χ0n) is 16.9.